The Balaban J connectivity index is 1.65. The van der Waals surface area contributed by atoms with Crippen molar-refractivity contribution >= 4 is 0 Å². The van der Waals surface area contributed by atoms with Crippen LogP contribution in [0.2, 0.25) is 0 Å². The fourth-order valence-corrected chi connectivity index (χ4v) is 3.97. The van der Waals surface area contributed by atoms with Gasteiger partial charge < -0.3 is 5.32 Å². The van der Waals surface area contributed by atoms with Crippen molar-refractivity contribution in [3.05, 3.63) is 35.4 Å². The molecule has 1 heterocycles. The Bertz CT molecular complexity index is 398. The van der Waals surface area contributed by atoms with E-state index in [-0.39, 0.29) is 0 Å². The van der Waals surface area contributed by atoms with Gasteiger partial charge in [-0.25, -0.2) is 0 Å². The summed E-state index contributed by atoms with van der Waals surface area (Å²) in [5, 5.41) is 3.68. The molecule has 1 aromatic carbocycles. The number of nitrogens with one attached hydrogen (secondary N) is 1. The zero-order chi connectivity index (χ0) is 13.6. The molecule has 1 unspecified atom stereocenters. The summed E-state index contributed by atoms with van der Waals surface area (Å²) in [6.07, 6.45) is 13.9. The average molecular weight is 271 g/mol. The number of piperidine rings is 1. The quantitative estimate of drug-likeness (QED) is 0.778. The minimum absolute atomic E-state index is 0.716. The molecule has 1 saturated heterocycles. The highest BCUT2D eigenvalue weighted by molar-refractivity contribution is 5.27. The first kappa shape index (κ1) is 14.1. The van der Waals surface area contributed by atoms with Crippen LogP contribution >= 0.6 is 0 Å². The maximum Gasteiger partial charge on any atom is 0.0107 e. The first-order chi connectivity index (χ1) is 9.92. The SMILES string of the molecule is c1cc(CC2CCCCN2)cc(C2CCCCCC2)c1. The fraction of sp³-hybridized carbons (Fsp3) is 0.684. The Morgan fingerprint density at radius 3 is 2.45 bits per heavy atom. The lowest BCUT2D eigenvalue weighted by molar-refractivity contribution is 0.399. The second kappa shape index (κ2) is 7.26. The van der Waals surface area contributed by atoms with Crippen LogP contribution in [0.5, 0.6) is 0 Å². The van der Waals surface area contributed by atoms with Crippen LogP contribution in [0.4, 0.5) is 0 Å². The Labute approximate surface area is 124 Å². The molecule has 110 valence electrons. The summed E-state index contributed by atoms with van der Waals surface area (Å²) in [6.45, 7) is 1.22. The van der Waals surface area contributed by atoms with E-state index in [1.54, 1.807) is 11.1 Å². The van der Waals surface area contributed by atoms with Crippen molar-refractivity contribution < 1.29 is 0 Å². The summed E-state index contributed by atoms with van der Waals surface area (Å²) >= 11 is 0. The summed E-state index contributed by atoms with van der Waals surface area (Å²) in [5.74, 6) is 0.830. The Morgan fingerprint density at radius 2 is 1.70 bits per heavy atom. The maximum absolute atomic E-state index is 3.68. The highest BCUT2D eigenvalue weighted by atomic mass is 14.9. The molecule has 0 spiro atoms. The monoisotopic (exact) mass is 271 g/mol. The van der Waals surface area contributed by atoms with Gasteiger partial charge in [-0.15, -0.1) is 0 Å². The maximum atomic E-state index is 3.68. The third kappa shape index (κ3) is 3.85. The molecule has 1 nitrogen and oxygen atoms in total. The number of rotatable bonds is 3. The normalized spacial score (nSPS) is 25.3. The smallest absolute Gasteiger partial charge is 0.0107 e. The van der Waals surface area contributed by atoms with E-state index in [9.17, 15) is 0 Å². The third-order valence-electron chi connectivity index (χ3n) is 5.17. The first-order valence-corrected chi connectivity index (χ1v) is 8.74. The number of hydrogen-bond donors (Lipinski definition) is 1. The van der Waals surface area contributed by atoms with Gasteiger partial charge in [0.25, 0.3) is 0 Å². The second-order valence-electron chi connectivity index (χ2n) is 6.78. The van der Waals surface area contributed by atoms with Gasteiger partial charge in [0.2, 0.25) is 0 Å². The van der Waals surface area contributed by atoms with Crippen molar-refractivity contribution in [2.45, 2.75) is 76.2 Å². The molecule has 1 atom stereocenters. The number of hydrogen-bond acceptors (Lipinski definition) is 1. The van der Waals surface area contributed by atoms with E-state index in [0.29, 0.717) is 6.04 Å². The van der Waals surface area contributed by atoms with E-state index < -0.39 is 0 Å². The molecule has 0 bridgehead atoms. The van der Waals surface area contributed by atoms with Gasteiger partial charge in [0, 0.05) is 6.04 Å². The van der Waals surface area contributed by atoms with E-state index >= 15 is 0 Å². The summed E-state index contributed by atoms with van der Waals surface area (Å²) < 4.78 is 0. The van der Waals surface area contributed by atoms with Crippen LogP contribution < -0.4 is 5.32 Å². The Kier molecular flexibility index (Phi) is 5.13. The molecule has 2 aliphatic rings. The van der Waals surface area contributed by atoms with Crippen molar-refractivity contribution in [2.24, 2.45) is 0 Å². The van der Waals surface area contributed by atoms with Gasteiger partial charge in [0.15, 0.2) is 0 Å². The second-order valence-corrected chi connectivity index (χ2v) is 6.78. The third-order valence-corrected chi connectivity index (χ3v) is 5.17. The molecule has 20 heavy (non-hydrogen) atoms. The van der Waals surface area contributed by atoms with E-state index in [2.05, 4.69) is 29.6 Å². The molecule has 2 fully saturated rings. The summed E-state index contributed by atoms with van der Waals surface area (Å²) in [6, 6.07) is 10.2. The lowest BCUT2D eigenvalue weighted by atomic mass is 9.89. The van der Waals surface area contributed by atoms with Crippen LogP contribution in [0.1, 0.15) is 74.8 Å². The number of benzene rings is 1. The van der Waals surface area contributed by atoms with Crippen LogP contribution in [-0.2, 0) is 6.42 Å². The van der Waals surface area contributed by atoms with Crippen molar-refractivity contribution in [2.75, 3.05) is 6.54 Å². The van der Waals surface area contributed by atoms with E-state index in [4.69, 9.17) is 0 Å². The van der Waals surface area contributed by atoms with Gasteiger partial charge in [0.1, 0.15) is 0 Å². The molecule has 0 radical (unpaired) electrons. The highest BCUT2D eigenvalue weighted by Gasteiger charge is 2.16. The van der Waals surface area contributed by atoms with Crippen LogP contribution in [0.15, 0.2) is 24.3 Å². The topological polar surface area (TPSA) is 12.0 Å². The summed E-state index contributed by atoms with van der Waals surface area (Å²) in [5.41, 5.74) is 3.16. The van der Waals surface area contributed by atoms with Gasteiger partial charge in [-0.3, -0.25) is 0 Å². The van der Waals surface area contributed by atoms with Crippen LogP contribution in [-0.4, -0.2) is 12.6 Å². The van der Waals surface area contributed by atoms with E-state index in [1.165, 1.54) is 70.8 Å². The largest absolute Gasteiger partial charge is 0.314 e. The van der Waals surface area contributed by atoms with Crippen molar-refractivity contribution in [3.63, 3.8) is 0 Å². The molecule has 1 N–H and O–H groups in total. The molecule has 1 heteroatoms. The minimum Gasteiger partial charge on any atom is -0.314 e. The first-order valence-electron chi connectivity index (χ1n) is 8.74. The standard InChI is InChI=1S/C19H29N/c1-2-4-10-17(9-3-1)18-11-7-8-16(14-18)15-19-12-5-6-13-20-19/h7-8,11,14,17,19-20H,1-6,9-10,12-13,15H2. The molecule has 1 aliphatic carbocycles. The highest BCUT2D eigenvalue weighted by Crippen LogP contribution is 2.32. The molecule has 1 aromatic rings. The van der Waals surface area contributed by atoms with Gasteiger partial charge in [-0.2, -0.15) is 0 Å². The van der Waals surface area contributed by atoms with Gasteiger partial charge in [0.05, 0.1) is 0 Å². The lowest BCUT2D eigenvalue weighted by Gasteiger charge is -2.24. The molecule has 3 rings (SSSR count). The molecular weight excluding hydrogens is 242 g/mol. The van der Waals surface area contributed by atoms with Gasteiger partial charge >= 0.3 is 0 Å². The lowest BCUT2D eigenvalue weighted by Crippen LogP contribution is -2.35. The van der Waals surface area contributed by atoms with Crippen molar-refractivity contribution in [1.82, 2.24) is 5.32 Å². The van der Waals surface area contributed by atoms with Crippen molar-refractivity contribution in [3.8, 4) is 0 Å². The minimum atomic E-state index is 0.716. The van der Waals surface area contributed by atoms with Crippen LogP contribution in [0.25, 0.3) is 0 Å². The Morgan fingerprint density at radius 1 is 0.900 bits per heavy atom. The molecular formula is C19H29N. The zero-order valence-electron chi connectivity index (χ0n) is 12.7. The summed E-state index contributed by atoms with van der Waals surface area (Å²) in [4.78, 5) is 0. The van der Waals surface area contributed by atoms with E-state index in [1.807, 2.05) is 0 Å². The zero-order valence-corrected chi connectivity index (χ0v) is 12.7. The van der Waals surface area contributed by atoms with Crippen molar-refractivity contribution in [1.29, 1.82) is 0 Å². The predicted octanol–water partition coefficient (Wildman–Crippen LogP) is 4.81. The van der Waals surface area contributed by atoms with E-state index in [0.717, 1.165) is 5.92 Å². The van der Waals surface area contributed by atoms with Gasteiger partial charge in [-0.1, -0.05) is 56.4 Å². The summed E-state index contributed by atoms with van der Waals surface area (Å²) in [7, 11) is 0. The Hall–Kier alpha value is -0.820. The fourth-order valence-electron chi connectivity index (χ4n) is 3.97. The molecule has 1 aliphatic heterocycles. The van der Waals surface area contributed by atoms with Gasteiger partial charge in [-0.05, 0) is 55.7 Å². The average Bonchev–Trinajstić information content (AvgIpc) is 2.78. The molecule has 1 saturated carbocycles. The van der Waals surface area contributed by atoms with Crippen LogP contribution in [0, 0.1) is 0 Å². The predicted molar refractivity (Wildman–Crippen MR) is 86.2 cm³/mol. The molecule has 0 amide bonds. The molecule has 0 aromatic heterocycles. The van der Waals surface area contributed by atoms with Crippen LogP contribution in [0.3, 0.4) is 0 Å².